The molecule has 0 aliphatic rings. The number of carboxylic acid groups (broad SMARTS) is 1. The van der Waals surface area contributed by atoms with E-state index in [2.05, 4.69) is 6.58 Å². The molecule has 0 unspecified atom stereocenters. The van der Waals surface area contributed by atoms with Crippen molar-refractivity contribution in [3.05, 3.63) is 98.6 Å². The van der Waals surface area contributed by atoms with E-state index < -0.39 is 11.9 Å². The van der Waals surface area contributed by atoms with Crippen LogP contribution < -0.4 is 9.47 Å². The number of carboxylic acids is 1. The fraction of sp³-hybridized carbons (Fsp3) is 0.241. The second kappa shape index (κ2) is 9.96. The van der Waals surface area contributed by atoms with Crippen LogP contribution in [0.1, 0.15) is 65.2 Å². The van der Waals surface area contributed by atoms with Crippen LogP contribution in [0.3, 0.4) is 0 Å². The van der Waals surface area contributed by atoms with E-state index in [1.54, 1.807) is 20.8 Å². The van der Waals surface area contributed by atoms with Gasteiger partial charge in [-0.2, -0.15) is 0 Å². The number of aromatic carboxylic acids is 1. The molecule has 3 rings (SSSR count). The van der Waals surface area contributed by atoms with E-state index in [9.17, 15) is 14.7 Å². The van der Waals surface area contributed by atoms with Crippen molar-refractivity contribution in [2.45, 2.75) is 48.1 Å². The van der Waals surface area contributed by atoms with E-state index in [0.29, 0.717) is 40.2 Å². The highest BCUT2D eigenvalue weighted by Gasteiger charge is 2.25. The summed E-state index contributed by atoms with van der Waals surface area (Å²) in [6, 6.07) is 11.7. The Morgan fingerprint density at radius 2 is 1.50 bits per heavy atom. The van der Waals surface area contributed by atoms with Gasteiger partial charge in [0, 0.05) is 5.56 Å². The molecule has 34 heavy (non-hydrogen) atoms. The van der Waals surface area contributed by atoms with Gasteiger partial charge in [0.1, 0.15) is 18.1 Å². The summed E-state index contributed by atoms with van der Waals surface area (Å²) in [5, 5.41) is 9.63. The average Bonchev–Trinajstić information content (AvgIpc) is 2.79. The van der Waals surface area contributed by atoms with Gasteiger partial charge >= 0.3 is 11.9 Å². The smallest absolute Gasteiger partial charge is 0.344 e. The van der Waals surface area contributed by atoms with Crippen molar-refractivity contribution < 1.29 is 24.2 Å². The van der Waals surface area contributed by atoms with Gasteiger partial charge in [-0.1, -0.05) is 43.0 Å². The molecule has 5 heteroatoms. The van der Waals surface area contributed by atoms with Crippen LogP contribution in [0.25, 0.3) is 6.08 Å². The quantitative estimate of drug-likeness (QED) is 0.316. The number of carbonyl (C=O) groups is 2. The van der Waals surface area contributed by atoms with Crippen molar-refractivity contribution in [1.29, 1.82) is 0 Å². The zero-order chi connectivity index (χ0) is 25.2. The Morgan fingerprint density at radius 1 is 0.882 bits per heavy atom. The summed E-state index contributed by atoms with van der Waals surface area (Å²) in [6.07, 6.45) is 1.53. The Kier molecular flexibility index (Phi) is 7.26. The van der Waals surface area contributed by atoms with Crippen LogP contribution in [0.5, 0.6) is 11.5 Å². The van der Waals surface area contributed by atoms with Crippen LogP contribution in [0, 0.1) is 41.5 Å². The number of rotatable bonds is 7. The number of aryl methyl sites for hydroxylation is 1. The fourth-order valence-corrected chi connectivity index (χ4v) is 4.23. The third-order valence-corrected chi connectivity index (χ3v) is 6.40. The highest BCUT2D eigenvalue weighted by molar-refractivity contribution is 5.97. The molecule has 0 radical (unpaired) electrons. The lowest BCUT2D eigenvalue weighted by atomic mass is 9.92. The maximum atomic E-state index is 13.3. The first kappa shape index (κ1) is 24.8. The van der Waals surface area contributed by atoms with E-state index in [1.807, 2.05) is 57.2 Å². The second-order valence-corrected chi connectivity index (χ2v) is 8.48. The van der Waals surface area contributed by atoms with Crippen LogP contribution in [0.2, 0.25) is 0 Å². The van der Waals surface area contributed by atoms with E-state index in [0.717, 1.165) is 28.0 Å². The summed E-state index contributed by atoms with van der Waals surface area (Å²) in [5.74, 6) is -0.468. The number of hydrogen-bond donors (Lipinski definition) is 1. The number of esters is 1. The SMILES string of the molecule is C=Cc1c(C)c(C(=O)O)c(C)c(C)c1OC(=O)c1c(C)cc(OCc2ccccc2)c(C)c1C. The lowest BCUT2D eigenvalue weighted by molar-refractivity contribution is 0.0694. The minimum absolute atomic E-state index is 0.204. The molecule has 0 saturated heterocycles. The maximum Gasteiger partial charge on any atom is 0.344 e. The Morgan fingerprint density at radius 3 is 2.09 bits per heavy atom. The van der Waals surface area contributed by atoms with Gasteiger partial charge in [0.2, 0.25) is 0 Å². The molecule has 0 saturated carbocycles. The van der Waals surface area contributed by atoms with Gasteiger partial charge in [0.25, 0.3) is 0 Å². The molecule has 5 nitrogen and oxygen atoms in total. The molecule has 0 aliphatic carbocycles. The number of carbonyl (C=O) groups excluding carboxylic acids is 1. The van der Waals surface area contributed by atoms with E-state index in [4.69, 9.17) is 9.47 Å². The number of hydrogen-bond acceptors (Lipinski definition) is 4. The molecule has 0 heterocycles. The van der Waals surface area contributed by atoms with Gasteiger partial charge in [-0.05, 0) is 86.6 Å². The normalized spacial score (nSPS) is 10.6. The molecule has 0 amide bonds. The summed E-state index contributed by atoms with van der Waals surface area (Å²) in [4.78, 5) is 25.1. The first-order valence-electron chi connectivity index (χ1n) is 11.1. The van der Waals surface area contributed by atoms with Crippen LogP contribution in [0.15, 0.2) is 43.0 Å². The van der Waals surface area contributed by atoms with Crippen LogP contribution in [0.4, 0.5) is 0 Å². The van der Waals surface area contributed by atoms with Crippen molar-refractivity contribution in [1.82, 2.24) is 0 Å². The van der Waals surface area contributed by atoms with Gasteiger partial charge in [-0.15, -0.1) is 0 Å². The summed E-state index contributed by atoms with van der Waals surface area (Å²) >= 11 is 0. The molecule has 0 aromatic heterocycles. The van der Waals surface area contributed by atoms with Gasteiger partial charge in [-0.3, -0.25) is 0 Å². The maximum absolute atomic E-state index is 13.3. The van der Waals surface area contributed by atoms with Crippen molar-refractivity contribution in [3.63, 3.8) is 0 Å². The van der Waals surface area contributed by atoms with Crippen molar-refractivity contribution in [2.24, 2.45) is 0 Å². The van der Waals surface area contributed by atoms with Crippen LogP contribution >= 0.6 is 0 Å². The van der Waals surface area contributed by atoms with Gasteiger partial charge < -0.3 is 14.6 Å². The minimum Gasteiger partial charge on any atom is -0.489 e. The minimum atomic E-state index is -1.02. The van der Waals surface area contributed by atoms with Crippen LogP contribution in [-0.2, 0) is 6.61 Å². The Bertz CT molecular complexity index is 1290. The summed E-state index contributed by atoms with van der Waals surface area (Å²) in [5.41, 5.74) is 6.30. The lowest BCUT2D eigenvalue weighted by Gasteiger charge is -2.20. The molecule has 3 aromatic carbocycles. The summed E-state index contributed by atoms with van der Waals surface area (Å²) in [7, 11) is 0. The molecule has 176 valence electrons. The largest absolute Gasteiger partial charge is 0.489 e. The zero-order valence-corrected chi connectivity index (χ0v) is 20.5. The standard InChI is InChI=1S/C29H30O5/c1-8-23-21(7)26(28(30)31)19(5)20(6)27(23)34-29(32)25-16(2)14-24(17(3)18(25)4)33-15-22-12-10-9-11-13-22/h8-14H,1,15H2,2-7H3,(H,30,31). The predicted molar refractivity (Wildman–Crippen MR) is 134 cm³/mol. The Balaban J connectivity index is 1.98. The van der Waals surface area contributed by atoms with E-state index in [1.165, 1.54) is 6.08 Å². The lowest BCUT2D eigenvalue weighted by Crippen LogP contribution is -2.17. The molecular formula is C29H30O5. The first-order valence-corrected chi connectivity index (χ1v) is 11.1. The third-order valence-electron chi connectivity index (χ3n) is 6.40. The highest BCUT2D eigenvalue weighted by Crippen LogP contribution is 2.36. The molecule has 0 fully saturated rings. The zero-order valence-electron chi connectivity index (χ0n) is 20.5. The molecule has 0 spiro atoms. The Hall–Kier alpha value is -3.86. The molecule has 0 atom stereocenters. The summed E-state index contributed by atoms with van der Waals surface area (Å²) < 4.78 is 11.9. The topological polar surface area (TPSA) is 72.8 Å². The van der Waals surface area contributed by atoms with Crippen molar-refractivity contribution >= 4 is 18.0 Å². The molecule has 3 aromatic rings. The first-order chi connectivity index (χ1) is 16.1. The van der Waals surface area contributed by atoms with Crippen LogP contribution in [-0.4, -0.2) is 17.0 Å². The molecule has 0 aliphatic heterocycles. The molecule has 0 bridgehead atoms. The number of benzene rings is 3. The second-order valence-electron chi connectivity index (χ2n) is 8.48. The molecular weight excluding hydrogens is 428 g/mol. The third kappa shape index (κ3) is 4.60. The highest BCUT2D eigenvalue weighted by atomic mass is 16.5. The summed E-state index contributed by atoms with van der Waals surface area (Å²) in [6.45, 7) is 15.1. The molecule has 1 N–H and O–H groups in total. The van der Waals surface area contributed by atoms with Gasteiger partial charge in [-0.25, -0.2) is 9.59 Å². The number of ether oxygens (including phenoxy) is 2. The van der Waals surface area contributed by atoms with Crippen molar-refractivity contribution in [2.75, 3.05) is 0 Å². The average molecular weight is 459 g/mol. The monoisotopic (exact) mass is 458 g/mol. The van der Waals surface area contributed by atoms with Gasteiger partial charge in [0.05, 0.1) is 11.1 Å². The van der Waals surface area contributed by atoms with E-state index >= 15 is 0 Å². The Labute approximate surface area is 200 Å². The van der Waals surface area contributed by atoms with Crippen molar-refractivity contribution in [3.8, 4) is 11.5 Å². The predicted octanol–water partition coefficient (Wildman–Crippen LogP) is 6.68. The fourth-order valence-electron chi connectivity index (χ4n) is 4.23. The van der Waals surface area contributed by atoms with Gasteiger partial charge in [0.15, 0.2) is 0 Å². The van der Waals surface area contributed by atoms with E-state index in [-0.39, 0.29) is 5.56 Å².